The summed E-state index contributed by atoms with van der Waals surface area (Å²) in [7, 11) is 0. The molecule has 0 saturated heterocycles. The number of nitrogens with one attached hydrogen (secondary N) is 2. The van der Waals surface area contributed by atoms with Crippen molar-refractivity contribution >= 4 is 23.4 Å². The Labute approximate surface area is 164 Å². The SMILES string of the molecule is Cc1ccc(NC(=O)Cc2cc(=O)[nH]c(SCc3ccc(F)cc3)n2)cc1F. The van der Waals surface area contributed by atoms with Crippen molar-refractivity contribution in [2.24, 2.45) is 0 Å². The van der Waals surface area contributed by atoms with Crippen LogP contribution in [0.3, 0.4) is 0 Å². The van der Waals surface area contributed by atoms with Crippen LogP contribution in [-0.2, 0) is 17.0 Å². The fourth-order valence-corrected chi connectivity index (χ4v) is 3.27. The molecule has 2 aromatic carbocycles. The lowest BCUT2D eigenvalue weighted by Crippen LogP contribution is -2.18. The number of thioether (sulfide) groups is 1. The molecule has 1 amide bonds. The number of nitrogens with zero attached hydrogens (tertiary/aromatic N) is 1. The predicted octanol–water partition coefficient (Wildman–Crippen LogP) is 3.83. The molecule has 8 heteroatoms. The fourth-order valence-electron chi connectivity index (χ4n) is 2.41. The number of H-pyrrole nitrogens is 1. The van der Waals surface area contributed by atoms with Crippen molar-refractivity contribution in [3.8, 4) is 0 Å². The molecule has 144 valence electrons. The molecular formula is C20H17F2N3O2S. The Kier molecular flexibility index (Phi) is 6.20. The molecule has 28 heavy (non-hydrogen) atoms. The largest absolute Gasteiger partial charge is 0.326 e. The van der Waals surface area contributed by atoms with E-state index in [4.69, 9.17) is 0 Å². The van der Waals surface area contributed by atoms with Gasteiger partial charge in [0.15, 0.2) is 5.16 Å². The number of hydrogen-bond donors (Lipinski definition) is 2. The fraction of sp³-hybridized carbons (Fsp3) is 0.150. The molecule has 0 bridgehead atoms. The molecule has 5 nitrogen and oxygen atoms in total. The maximum absolute atomic E-state index is 13.6. The van der Waals surface area contributed by atoms with Gasteiger partial charge in [-0.15, -0.1) is 0 Å². The average Bonchev–Trinajstić information content (AvgIpc) is 2.64. The minimum absolute atomic E-state index is 0.122. The number of carbonyl (C=O) groups excluding carboxylic acids is 1. The molecule has 0 atom stereocenters. The number of aromatic amines is 1. The zero-order valence-corrected chi connectivity index (χ0v) is 15.8. The van der Waals surface area contributed by atoms with Crippen LogP contribution in [0.15, 0.2) is 58.5 Å². The van der Waals surface area contributed by atoms with Crippen LogP contribution in [0.4, 0.5) is 14.5 Å². The Morgan fingerprint density at radius 2 is 1.89 bits per heavy atom. The summed E-state index contributed by atoms with van der Waals surface area (Å²) in [6.07, 6.45) is -0.122. The van der Waals surface area contributed by atoms with Gasteiger partial charge in [0.2, 0.25) is 5.91 Å². The molecule has 0 aliphatic carbocycles. The first-order valence-electron chi connectivity index (χ1n) is 8.42. The molecule has 1 aromatic heterocycles. The Morgan fingerprint density at radius 3 is 2.61 bits per heavy atom. The monoisotopic (exact) mass is 401 g/mol. The molecule has 0 radical (unpaired) electrons. The summed E-state index contributed by atoms with van der Waals surface area (Å²) in [4.78, 5) is 30.9. The summed E-state index contributed by atoms with van der Waals surface area (Å²) in [5.74, 6) is -0.647. The number of hydrogen-bond acceptors (Lipinski definition) is 4. The van der Waals surface area contributed by atoms with Crippen molar-refractivity contribution in [1.29, 1.82) is 0 Å². The second-order valence-corrected chi connectivity index (χ2v) is 7.11. The number of aryl methyl sites for hydroxylation is 1. The van der Waals surface area contributed by atoms with Crippen molar-refractivity contribution in [3.05, 3.63) is 87.3 Å². The van der Waals surface area contributed by atoms with Crippen LogP contribution in [0.2, 0.25) is 0 Å². The van der Waals surface area contributed by atoms with Gasteiger partial charge in [0.05, 0.1) is 12.1 Å². The number of amides is 1. The third-order valence-electron chi connectivity index (χ3n) is 3.86. The third-order valence-corrected chi connectivity index (χ3v) is 4.80. The maximum atomic E-state index is 13.6. The molecule has 3 rings (SSSR count). The highest BCUT2D eigenvalue weighted by Gasteiger charge is 2.10. The Bertz CT molecular complexity index is 1050. The zero-order valence-electron chi connectivity index (χ0n) is 15.0. The summed E-state index contributed by atoms with van der Waals surface area (Å²) in [5.41, 5.74) is 1.62. The smallest absolute Gasteiger partial charge is 0.251 e. The van der Waals surface area contributed by atoms with Crippen LogP contribution in [0.5, 0.6) is 0 Å². The second-order valence-electron chi connectivity index (χ2n) is 6.15. The molecule has 2 N–H and O–H groups in total. The van der Waals surface area contributed by atoms with E-state index in [1.165, 1.54) is 36.0 Å². The van der Waals surface area contributed by atoms with Gasteiger partial charge in [0.25, 0.3) is 5.56 Å². The van der Waals surface area contributed by atoms with Crippen LogP contribution >= 0.6 is 11.8 Å². The zero-order chi connectivity index (χ0) is 20.1. The Balaban J connectivity index is 1.65. The molecule has 1 heterocycles. The van der Waals surface area contributed by atoms with E-state index in [0.29, 0.717) is 27.9 Å². The van der Waals surface area contributed by atoms with E-state index in [1.807, 2.05) is 0 Å². The van der Waals surface area contributed by atoms with E-state index in [2.05, 4.69) is 15.3 Å². The van der Waals surface area contributed by atoms with E-state index in [0.717, 1.165) is 5.56 Å². The minimum atomic E-state index is -0.411. The molecule has 0 aliphatic rings. The lowest BCUT2D eigenvalue weighted by molar-refractivity contribution is -0.115. The Morgan fingerprint density at radius 1 is 1.14 bits per heavy atom. The standard InChI is InChI=1S/C20H17F2N3O2S/c1-12-2-7-15(8-17(12)22)23-18(26)9-16-10-19(27)25-20(24-16)28-11-13-3-5-14(21)6-4-13/h2-8,10H,9,11H2,1H3,(H,23,26)(H,24,25,27). The van der Waals surface area contributed by atoms with Gasteiger partial charge in [-0.1, -0.05) is 30.0 Å². The number of halogens is 2. The summed E-state index contributed by atoms with van der Waals surface area (Å²) in [5, 5.41) is 2.95. The lowest BCUT2D eigenvalue weighted by Gasteiger charge is -2.07. The normalized spacial score (nSPS) is 10.7. The molecular weight excluding hydrogens is 384 g/mol. The number of carbonyl (C=O) groups is 1. The first-order valence-corrected chi connectivity index (χ1v) is 9.41. The minimum Gasteiger partial charge on any atom is -0.326 e. The van der Waals surface area contributed by atoms with E-state index in [9.17, 15) is 18.4 Å². The van der Waals surface area contributed by atoms with Gasteiger partial charge in [0.1, 0.15) is 11.6 Å². The van der Waals surface area contributed by atoms with E-state index >= 15 is 0 Å². The molecule has 0 aliphatic heterocycles. The average molecular weight is 401 g/mol. The Hall–Kier alpha value is -3.00. The van der Waals surface area contributed by atoms with Crippen molar-refractivity contribution in [1.82, 2.24) is 9.97 Å². The van der Waals surface area contributed by atoms with E-state index in [-0.39, 0.29) is 17.8 Å². The van der Waals surface area contributed by atoms with Crippen molar-refractivity contribution in [2.45, 2.75) is 24.3 Å². The highest BCUT2D eigenvalue weighted by Crippen LogP contribution is 2.19. The first kappa shape index (κ1) is 19.8. The van der Waals surface area contributed by atoms with E-state index in [1.54, 1.807) is 31.2 Å². The highest BCUT2D eigenvalue weighted by atomic mass is 32.2. The summed E-state index contributed by atoms with van der Waals surface area (Å²) >= 11 is 1.27. The molecule has 0 unspecified atom stereocenters. The molecule has 0 fully saturated rings. The number of rotatable bonds is 6. The van der Waals surface area contributed by atoms with Gasteiger partial charge in [-0.25, -0.2) is 13.8 Å². The predicted molar refractivity (Wildman–Crippen MR) is 104 cm³/mol. The van der Waals surface area contributed by atoms with Gasteiger partial charge >= 0.3 is 0 Å². The van der Waals surface area contributed by atoms with E-state index < -0.39 is 11.7 Å². The lowest BCUT2D eigenvalue weighted by atomic mass is 10.2. The van der Waals surface area contributed by atoms with Gasteiger partial charge < -0.3 is 10.3 Å². The van der Waals surface area contributed by atoms with Crippen LogP contribution in [0.1, 0.15) is 16.8 Å². The molecule has 0 spiro atoms. The highest BCUT2D eigenvalue weighted by molar-refractivity contribution is 7.98. The number of benzene rings is 2. The topological polar surface area (TPSA) is 74.8 Å². The first-order chi connectivity index (χ1) is 13.4. The summed E-state index contributed by atoms with van der Waals surface area (Å²) in [6, 6.07) is 11.7. The van der Waals surface area contributed by atoms with Gasteiger partial charge in [-0.3, -0.25) is 9.59 Å². The third kappa shape index (κ3) is 5.50. The van der Waals surface area contributed by atoms with Crippen LogP contribution in [-0.4, -0.2) is 15.9 Å². The van der Waals surface area contributed by atoms with Crippen LogP contribution < -0.4 is 10.9 Å². The number of anilines is 1. The van der Waals surface area contributed by atoms with Gasteiger partial charge in [-0.05, 0) is 42.3 Å². The maximum Gasteiger partial charge on any atom is 0.251 e. The quantitative estimate of drug-likeness (QED) is 0.486. The van der Waals surface area contributed by atoms with Crippen LogP contribution in [0.25, 0.3) is 0 Å². The van der Waals surface area contributed by atoms with Crippen molar-refractivity contribution in [3.63, 3.8) is 0 Å². The van der Waals surface area contributed by atoms with Gasteiger partial charge in [0, 0.05) is 17.5 Å². The molecule has 0 saturated carbocycles. The van der Waals surface area contributed by atoms with Gasteiger partial charge in [-0.2, -0.15) is 0 Å². The van der Waals surface area contributed by atoms with Crippen LogP contribution in [0, 0.1) is 18.6 Å². The molecule has 3 aromatic rings. The summed E-state index contributed by atoms with van der Waals surface area (Å²) in [6.45, 7) is 1.63. The summed E-state index contributed by atoms with van der Waals surface area (Å²) < 4.78 is 26.5. The second kappa shape index (κ2) is 8.79. The van der Waals surface area contributed by atoms with Crippen molar-refractivity contribution < 1.29 is 13.6 Å². The number of aromatic nitrogens is 2. The van der Waals surface area contributed by atoms with Crippen molar-refractivity contribution in [2.75, 3.05) is 5.32 Å².